The fraction of sp³-hybridized carbons (Fsp3) is 0.583. The summed E-state index contributed by atoms with van der Waals surface area (Å²) in [6.45, 7) is 1.83. The number of nitrogens with one attached hydrogen (secondary N) is 2. The molecule has 1 aliphatic heterocycles. The summed E-state index contributed by atoms with van der Waals surface area (Å²) in [6.07, 6.45) is 3.47. The molecule has 1 atom stereocenters. The normalized spacial score (nSPS) is 19.8. The van der Waals surface area contributed by atoms with Crippen LogP contribution in [0.2, 0.25) is 0 Å². The number of hydrogen-bond acceptors (Lipinski definition) is 4. The van der Waals surface area contributed by atoms with Crippen molar-refractivity contribution >= 4 is 5.91 Å². The molecule has 0 aliphatic carbocycles. The van der Waals surface area contributed by atoms with E-state index in [1.54, 1.807) is 7.05 Å². The Morgan fingerprint density at radius 3 is 3.22 bits per heavy atom. The Labute approximate surface area is 105 Å². The van der Waals surface area contributed by atoms with Crippen LogP contribution in [-0.2, 0) is 4.79 Å². The zero-order valence-corrected chi connectivity index (χ0v) is 10.5. The van der Waals surface area contributed by atoms with Crippen LogP contribution in [-0.4, -0.2) is 47.5 Å². The Bertz CT molecular complexity index is 471. The van der Waals surface area contributed by atoms with Crippen LogP contribution in [0.15, 0.2) is 17.1 Å². The quantitative estimate of drug-likeness (QED) is 0.771. The molecule has 98 valence electrons. The van der Waals surface area contributed by atoms with Gasteiger partial charge < -0.3 is 15.2 Å². The molecule has 0 saturated carbocycles. The van der Waals surface area contributed by atoms with Crippen LogP contribution in [0.5, 0.6) is 0 Å². The third kappa shape index (κ3) is 2.95. The zero-order valence-electron chi connectivity index (χ0n) is 10.5. The second kappa shape index (κ2) is 5.77. The summed E-state index contributed by atoms with van der Waals surface area (Å²) in [5.41, 5.74) is 0.545. The second-order valence-electron chi connectivity index (χ2n) is 4.54. The summed E-state index contributed by atoms with van der Waals surface area (Å²) < 4.78 is 0. The molecular weight excluding hydrogens is 232 g/mol. The first-order valence-electron chi connectivity index (χ1n) is 6.18. The Morgan fingerprint density at radius 2 is 2.50 bits per heavy atom. The van der Waals surface area contributed by atoms with Crippen molar-refractivity contribution in [2.75, 3.05) is 26.7 Å². The Morgan fingerprint density at radius 1 is 1.67 bits per heavy atom. The molecule has 1 saturated heterocycles. The van der Waals surface area contributed by atoms with Gasteiger partial charge in [-0.2, -0.15) is 0 Å². The number of nitrogens with zero attached hydrogens (tertiary/aromatic N) is 2. The van der Waals surface area contributed by atoms with Crippen molar-refractivity contribution in [3.63, 3.8) is 0 Å². The highest BCUT2D eigenvalue weighted by atomic mass is 16.2. The van der Waals surface area contributed by atoms with E-state index in [0.29, 0.717) is 13.1 Å². The van der Waals surface area contributed by atoms with Crippen LogP contribution in [0.3, 0.4) is 0 Å². The van der Waals surface area contributed by atoms with Crippen LogP contribution >= 0.6 is 0 Å². The van der Waals surface area contributed by atoms with E-state index < -0.39 is 0 Å². The molecule has 0 spiro atoms. The maximum atomic E-state index is 11.8. The van der Waals surface area contributed by atoms with E-state index in [2.05, 4.69) is 15.3 Å². The number of rotatable bonds is 3. The fourth-order valence-corrected chi connectivity index (χ4v) is 2.34. The molecule has 0 radical (unpaired) electrons. The molecule has 6 nitrogen and oxygen atoms in total. The van der Waals surface area contributed by atoms with Crippen molar-refractivity contribution in [3.8, 4) is 0 Å². The highest BCUT2D eigenvalue weighted by Crippen LogP contribution is 2.24. The van der Waals surface area contributed by atoms with Gasteiger partial charge in [0.05, 0.1) is 6.54 Å². The second-order valence-corrected chi connectivity index (χ2v) is 4.54. The van der Waals surface area contributed by atoms with Gasteiger partial charge >= 0.3 is 5.69 Å². The average molecular weight is 250 g/mol. The summed E-state index contributed by atoms with van der Waals surface area (Å²) in [7, 11) is 1.76. The van der Waals surface area contributed by atoms with Gasteiger partial charge in [-0.3, -0.25) is 4.79 Å². The van der Waals surface area contributed by atoms with Crippen LogP contribution < -0.4 is 11.0 Å². The van der Waals surface area contributed by atoms with Gasteiger partial charge in [0.25, 0.3) is 0 Å². The van der Waals surface area contributed by atoms with Crippen molar-refractivity contribution in [1.82, 2.24) is 20.2 Å². The summed E-state index contributed by atoms with van der Waals surface area (Å²) in [5.74, 6) is 0.314. The molecule has 2 N–H and O–H groups in total. The molecule has 0 aromatic carbocycles. The molecule has 2 heterocycles. The van der Waals surface area contributed by atoms with Gasteiger partial charge in [-0.1, -0.05) is 0 Å². The molecule has 1 aromatic rings. The highest BCUT2D eigenvalue weighted by Gasteiger charge is 2.24. The predicted octanol–water partition coefficient (Wildman–Crippen LogP) is -0.305. The van der Waals surface area contributed by atoms with Crippen LogP contribution in [0, 0.1) is 0 Å². The third-order valence-corrected chi connectivity index (χ3v) is 3.24. The lowest BCUT2D eigenvalue weighted by Gasteiger charge is -2.32. The van der Waals surface area contributed by atoms with Crippen LogP contribution in [0.1, 0.15) is 24.5 Å². The Balaban J connectivity index is 2.07. The predicted molar refractivity (Wildman–Crippen MR) is 67.3 cm³/mol. The van der Waals surface area contributed by atoms with Gasteiger partial charge in [0.15, 0.2) is 0 Å². The smallest absolute Gasteiger partial charge is 0.341 e. The van der Waals surface area contributed by atoms with E-state index in [-0.39, 0.29) is 17.5 Å². The molecule has 1 aliphatic rings. The third-order valence-electron chi connectivity index (χ3n) is 3.24. The van der Waals surface area contributed by atoms with Crippen molar-refractivity contribution in [2.24, 2.45) is 0 Å². The highest BCUT2D eigenvalue weighted by molar-refractivity contribution is 5.78. The molecule has 1 fully saturated rings. The SMILES string of the molecule is CNCC(=O)N1CCCC(c2ccnc(=O)[nH]2)C1. The lowest BCUT2D eigenvalue weighted by Crippen LogP contribution is -2.43. The van der Waals surface area contributed by atoms with Gasteiger partial charge in [0.2, 0.25) is 5.91 Å². The van der Waals surface area contributed by atoms with E-state index in [0.717, 1.165) is 25.1 Å². The number of aromatic amines is 1. The number of likely N-dealkylation sites (N-methyl/N-ethyl adjacent to an activating group) is 1. The molecule has 1 amide bonds. The number of amides is 1. The maximum absolute atomic E-state index is 11.8. The molecule has 0 bridgehead atoms. The molecular formula is C12H18N4O2. The summed E-state index contributed by atoms with van der Waals surface area (Å²) in [4.78, 5) is 31.2. The van der Waals surface area contributed by atoms with Crippen molar-refractivity contribution < 1.29 is 4.79 Å². The van der Waals surface area contributed by atoms with Gasteiger partial charge in [0.1, 0.15) is 0 Å². The number of H-pyrrole nitrogens is 1. The van der Waals surface area contributed by atoms with Crippen molar-refractivity contribution in [2.45, 2.75) is 18.8 Å². The number of piperidine rings is 1. The first kappa shape index (κ1) is 12.8. The molecule has 1 unspecified atom stereocenters. The largest absolute Gasteiger partial charge is 0.345 e. The fourth-order valence-electron chi connectivity index (χ4n) is 2.34. The minimum absolute atomic E-state index is 0.110. The van der Waals surface area contributed by atoms with Gasteiger partial charge in [-0.25, -0.2) is 9.78 Å². The number of carbonyl (C=O) groups excluding carboxylic acids is 1. The summed E-state index contributed by atoms with van der Waals surface area (Å²) in [6, 6.07) is 1.82. The van der Waals surface area contributed by atoms with Gasteiger partial charge in [-0.05, 0) is 26.0 Å². The molecule has 6 heteroatoms. The topological polar surface area (TPSA) is 78.1 Å². The van der Waals surface area contributed by atoms with E-state index in [9.17, 15) is 9.59 Å². The summed E-state index contributed by atoms with van der Waals surface area (Å²) in [5, 5.41) is 2.87. The van der Waals surface area contributed by atoms with Crippen molar-refractivity contribution in [1.29, 1.82) is 0 Å². The monoisotopic (exact) mass is 250 g/mol. The first-order chi connectivity index (χ1) is 8.70. The lowest BCUT2D eigenvalue weighted by atomic mass is 9.94. The van der Waals surface area contributed by atoms with E-state index in [1.807, 2.05) is 11.0 Å². The Kier molecular flexibility index (Phi) is 4.09. The molecule has 2 rings (SSSR count). The maximum Gasteiger partial charge on any atom is 0.345 e. The zero-order chi connectivity index (χ0) is 13.0. The molecule has 1 aromatic heterocycles. The van der Waals surface area contributed by atoms with Crippen molar-refractivity contribution in [3.05, 3.63) is 28.4 Å². The minimum Gasteiger partial charge on any atom is -0.341 e. The van der Waals surface area contributed by atoms with E-state index in [1.165, 1.54) is 6.20 Å². The Hall–Kier alpha value is -1.69. The lowest BCUT2D eigenvalue weighted by molar-refractivity contribution is -0.131. The van der Waals surface area contributed by atoms with E-state index in [4.69, 9.17) is 0 Å². The van der Waals surface area contributed by atoms with E-state index >= 15 is 0 Å². The van der Waals surface area contributed by atoms with Gasteiger partial charge in [0, 0.05) is 30.9 Å². The molecule has 18 heavy (non-hydrogen) atoms. The van der Waals surface area contributed by atoms with Crippen LogP contribution in [0.4, 0.5) is 0 Å². The average Bonchev–Trinajstić information content (AvgIpc) is 2.39. The first-order valence-corrected chi connectivity index (χ1v) is 6.18. The minimum atomic E-state index is -0.328. The number of aromatic nitrogens is 2. The standard InChI is InChI=1S/C12H18N4O2/c1-13-7-11(17)16-6-2-3-9(8-16)10-4-5-14-12(18)15-10/h4-5,9,13H,2-3,6-8H2,1H3,(H,14,15,18). The van der Waals surface area contributed by atoms with Gasteiger partial charge in [-0.15, -0.1) is 0 Å². The number of carbonyl (C=O) groups is 1. The van der Waals surface area contributed by atoms with Crippen LogP contribution in [0.25, 0.3) is 0 Å². The number of likely N-dealkylation sites (tertiary alicyclic amines) is 1. The number of hydrogen-bond donors (Lipinski definition) is 2. The summed E-state index contributed by atoms with van der Waals surface area (Å²) >= 11 is 0.